The summed E-state index contributed by atoms with van der Waals surface area (Å²) in [6.07, 6.45) is 0. The highest BCUT2D eigenvalue weighted by molar-refractivity contribution is 5.80. The lowest BCUT2D eigenvalue weighted by atomic mass is 10.2. The third kappa shape index (κ3) is 1.29. The van der Waals surface area contributed by atoms with Crippen molar-refractivity contribution in [1.82, 2.24) is 9.55 Å². The molecule has 2 heterocycles. The van der Waals surface area contributed by atoms with E-state index in [4.69, 9.17) is 4.74 Å². The molecule has 3 rings (SSSR count). The van der Waals surface area contributed by atoms with Crippen molar-refractivity contribution >= 4 is 16.7 Å². The third-order valence-electron chi connectivity index (χ3n) is 2.81. The molecule has 1 aliphatic rings. The van der Waals surface area contributed by atoms with E-state index < -0.39 is 0 Å². The zero-order chi connectivity index (χ0) is 10.3. The van der Waals surface area contributed by atoms with Crippen molar-refractivity contribution in [1.29, 1.82) is 0 Å². The van der Waals surface area contributed by atoms with E-state index in [2.05, 4.69) is 33.1 Å². The summed E-state index contributed by atoms with van der Waals surface area (Å²) in [5, 5.41) is 3.12. The number of fused-ring (bicyclic) bond motifs is 3. The molecule has 0 saturated heterocycles. The van der Waals surface area contributed by atoms with Crippen LogP contribution in [0.2, 0.25) is 0 Å². The molecule has 0 radical (unpaired) electrons. The Morgan fingerprint density at radius 3 is 3.27 bits per heavy atom. The van der Waals surface area contributed by atoms with Crippen LogP contribution in [0.5, 0.6) is 0 Å². The molecule has 0 bridgehead atoms. The second-order valence-electron chi connectivity index (χ2n) is 3.69. The molecule has 4 nitrogen and oxygen atoms in total. The first-order valence-electron chi connectivity index (χ1n) is 5.13. The van der Waals surface area contributed by atoms with Gasteiger partial charge in [0, 0.05) is 19.3 Å². The van der Waals surface area contributed by atoms with E-state index in [0.29, 0.717) is 6.61 Å². The maximum Gasteiger partial charge on any atom is 0.136 e. The van der Waals surface area contributed by atoms with Crippen LogP contribution in [0, 0.1) is 0 Å². The van der Waals surface area contributed by atoms with Gasteiger partial charge in [-0.2, -0.15) is 0 Å². The lowest BCUT2D eigenvalue weighted by Crippen LogP contribution is -2.16. The number of nitrogens with zero attached hydrogens (tertiary/aromatic N) is 2. The zero-order valence-corrected chi connectivity index (χ0v) is 8.66. The van der Waals surface area contributed by atoms with Crippen molar-refractivity contribution in [2.75, 3.05) is 19.0 Å². The number of ether oxygens (including phenoxy) is 1. The van der Waals surface area contributed by atoms with Crippen molar-refractivity contribution in [2.24, 2.45) is 0 Å². The van der Waals surface area contributed by atoms with Gasteiger partial charge in [0.1, 0.15) is 12.4 Å². The molecule has 1 aromatic heterocycles. The van der Waals surface area contributed by atoms with Gasteiger partial charge < -0.3 is 14.6 Å². The van der Waals surface area contributed by atoms with Gasteiger partial charge in [-0.1, -0.05) is 0 Å². The summed E-state index contributed by atoms with van der Waals surface area (Å²) < 4.78 is 7.62. The summed E-state index contributed by atoms with van der Waals surface area (Å²) >= 11 is 0. The zero-order valence-electron chi connectivity index (χ0n) is 8.66. The monoisotopic (exact) mass is 203 g/mol. The maximum atomic E-state index is 5.38. The van der Waals surface area contributed by atoms with Crippen LogP contribution in [0.15, 0.2) is 18.2 Å². The van der Waals surface area contributed by atoms with E-state index in [9.17, 15) is 0 Å². The highest BCUT2D eigenvalue weighted by Gasteiger charge is 2.14. The summed E-state index contributed by atoms with van der Waals surface area (Å²) in [5.74, 6) is 1.03. The average Bonchev–Trinajstić information content (AvgIpc) is 2.66. The summed E-state index contributed by atoms with van der Waals surface area (Å²) in [6, 6.07) is 6.26. The fourth-order valence-corrected chi connectivity index (χ4v) is 2.01. The smallest absolute Gasteiger partial charge is 0.136 e. The van der Waals surface area contributed by atoms with Crippen LogP contribution in [0.1, 0.15) is 5.82 Å². The van der Waals surface area contributed by atoms with Gasteiger partial charge in [-0.25, -0.2) is 4.98 Å². The Hall–Kier alpha value is -1.55. The van der Waals surface area contributed by atoms with Gasteiger partial charge >= 0.3 is 0 Å². The van der Waals surface area contributed by atoms with Crippen LogP contribution in [-0.4, -0.2) is 23.2 Å². The first kappa shape index (κ1) is 8.73. The Bertz CT molecular complexity index is 504. The van der Waals surface area contributed by atoms with Crippen LogP contribution < -0.4 is 5.32 Å². The van der Waals surface area contributed by atoms with Crippen LogP contribution in [-0.2, 0) is 17.9 Å². The summed E-state index contributed by atoms with van der Waals surface area (Å²) in [4.78, 5) is 4.56. The molecule has 1 N–H and O–H groups in total. The molecule has 4 heteroatoms. The molecule has 0 saturated carbocycles. The van der Waals surface area contributed by atoms with E-state index in [1.165, 1.54) is 5.52 Å². The fraction of sp³-hybridized carbons (Fsp3) is 0.364. The van der Waals surface area contributed by atoms with Crippen molar-refractivity contribution < 1.29 is 4.74 Å². The second kappa shape index (κ2) is 3.24. The van der Waals surface area contributed by atoms with E-state index in [1.54, 1.807) is 0 Å². The number of anilines is 1. The average molecular weight is 203 g/mol. The molecule has 1 aromatic carbocycles. The minimum Gasteiger partial charge on any atom is -0.388 e. The number of imidazole rings is 1. The maximum absolute atomic E-state index is 5.38. The number of benzene rings is 1. The van der Waals surface area contributed by atoms with Crippen molar-refractivity contribution in [2.45, 2.75) is 13.2 Å². The lowest BCUT2D eigenvalue weighted by molar-refractivity contribution is 0.0830. The Morgan fingerprint density at radius 1 is 1.47 bits per heavy atom. The Morgan fingerprint density at radius 2 is 2.40 bits per heavy atom. The molecule has 0 atom stereocenters. The van der Waals surface area contributed by atoms with Crippen LogP contribution in [0.4, 0.5) is 5.69 Å². The second-order valence-corrected chi connectivity index (χ2v) is 3.69. The van der Waals surface area contributed by atoms with Gasteiger partial charge in [0.2, 0.25) is 0 Å². The van der Waals surface area contributed by atoms with Crippen molar-refractivity contribution in [3.63, 3.8) is 0 Å². The largest absolute Gasteiger partial charge is 0.388 e. The molecule has 0 unspecified atom stereocenters. The molecule has 15 heavy (non-hydrogen) atoms. The molecule has 0 aliphatic carbocycles. The van der Waals surface area contributed by atoms with Gasteiger partial charge in [0.05, 0.1) is 17.6 Å². The first-order valence-corrected chi connectivity index (χ1v) is 5.13. The van der Waals surface area contributed by atoms with E-state index in [-0.39, 0.29) is 0 Å². The molecular weight excluding hydrogens is 190 g/mol. The van der Waals surface area contributed by atoms with Crippen molar-refractivity contribution in [3.8, 4) is 0 Å². The number of aromatic nitrogens is 2. The third-order valence-corrected chi connectivity index (χ3v) is 2.81. The molecule has 2 aromatic rings. The van der Waals surface area contributed by atoms with Gasteiger partial charge in [-0.05, 0) is 18.2 Å². The number of rotatable bonds is 1. The SMILES string of the molecule is CNc1ccc2c(c1)nc1n2CCOC1. The Labute approximate surface area is 87.9 Å². The lowest BCUT2D eigenvalue weighted by Gasteiger charge is -2.14. The Balaban J connectivity index is 2.22. The van der Waals surface area contributed by atoms with Gasteiger partial charge in [0.15, 0.2) is 0 Å². The highest BCUT2D eigenvalue weighted by Crippen LogP contribution is 2.22. The molecular formula is C11H13N3O. The number of nitrogens with one attached hydrogen (secondary N) is 1. The number of hydrogen-bond acceptors (Lipinski definition) is 3. The fourth-order valence-electron chi connectivity index (χ4n) is 2.01. The summed E-state index contributed by atoms with van der Waals surface area (Å²) in [6.45, 7) is 2.32. The van der Waals surface area contributed by atoms with E-state index >= 15 is 0 Å². The van der Waals surface area contributed by atoms with Gasteiger partial charge in [-0.3, -0.25) is 0 Å². The van der Waals surface area contributed by atoms with Gasteiger partial charge in [0.25, 0.3) is 0 Å². The summed E-state index contributed by atoms with van der Waals surface area (Å²) in [5.41, 5.74) is 3.34. The molecule has 0 amide bonds. The van der Waals surface area contributed by atoms with Gasteiger partial charge in [-0.15, -0.1) is 0 Å². The summed E-state index contributed by atoms with van der Waals surface area (Å²) in [7, 11) is 1.92. The van der Waals surface area contributed by atoms with E-state index in [0.717, 1.165) is 30.2 Å². The first-order chi connectivity index (χ1) is 7.38. The van der Waals surface area contributed by atoms with Crippen LogP contribution >= 0.6 is 0 Å². The molecule has 0 fully saturated rings. The quantitative estimate of drug-likeness (QED) is 0.765. The predicted octanol–water partition coefficient (Wildman–Crippen LogP) is 1.61. The minimum absolute atomic E-state index is 0.629. The normalized spacial score (nSPS) is 15.3. The molecule has 78 valence electrons. The van der Waals surface area contributed by atoms with Crippen LogP contribution in [0.25, 0.3) is 11.0 Å². The molecule has 0 spiro atoms. The topological polar surface area (TPSA) is 39.1 Å². The highest BCUT2D eigenvalue weighted by atomic mass is 16.5. The molecule has 1 aliphatic heterocycles. The number of hydrogen-bond donors (Lipinski definition) is 1. The van der Waals surface area contributed by atoms with Crippen LogP contribution in [0.3, 0.4) is 0 Å². The standard InChI is InChI=1S/C11H13N3O/c1-12-8-2-3-10-9(6-8)13-11-7-15-5-4-14(10)11/h2-3,6,12H,4-5,7H2,1H3. The van der Waals surface area contributed by atoms with E-state index in [1.807, 2.05) is 7.05 Å². The Kier molecular flexibility index (Phi) is 1.89. The minimum atomic E-state index is 0.629. The van der Waals surface area contributed by atoms with Crippen molar-refractivity contribution in [3.05, 3.63) is 24.0 Å². The predicted molar refractivity (Wildman–Crippen MR) is 58.9 cm³/mol.